The van der Waals surface area contributed by atoms with Gasteiger partial charge in [0, 0.05) is 56.4 Å². The van der Waals surface area contributed by atoms with Gasteiger partial charge in [-0.2, -0.15) is 4.31 Å². The summed E-state index contributed by atoms with van der Waals surface area (Å²) in [6.45, 7) is 4.41. The van der Waals surface area contributed by atoms with E-state index in [0.717, 1.165) is 30.5 Å². The summed E-state index contributed by atoms with van der Waals surface area (Å²) in [7, 11) is -3.51. The van der Waals surface area contributed by atoms with E-state index in [0.29, 0.717) is 51.3 Å². The summed E-state index contributed by atoms with van der Waals surface area (Å²) in [4.78, 5) is 42.4. The Labute approximate surface area is 230 Å². The van der Waals surface area contributed by atoms with Crippen molar-refractivity contribution < 1.29 is 22.8 Å². The van der Waals surface area contributed by atoms with Gasteiger partial charge in [-0.15, -0.1) is 0 Å². The maximum atomic E-state index is 13.2. The number of carbonyl (C=O) groups excluding carboxylic acids is 3. The number of carbonyl (C=O) groups is 3. The van der Waals surface area contributed by atoms with Gasteiger partial charge in [0.25, 0.3) is 0 Å². The molecular formula is C29H36N4O5S. The average Bonchev–Trinajstić information content (AvgIpc) is 3.35. The fraction of sp³-hybridized carbons (Fsp3) is 0.483. The molecule has 0 saturated carbocycles. The van der Waals surface area contributed by atoms with Gasteiger partial charge in [0.1, 0.15) is 0 Å². The first kappa shape index (κ1) is 27.3. The summed E-state index contributed by atoms with van der Waals surface area (Å²) in [5.41, 5.74) is 2.48. The van der Waals surface area contributed by atoms with Crippen LogP contribution >= 0.6 is 0 Å². The second kappa shape index (κ2) is 11.5. The topological polar surface area (TPSA) is 107 Å². The van der Waals surface area contributed by atoms with Gasteiger partial charge >= 0.3 is 0 Å². The van der Waals surface area contributed by atoms with Crippen molar-refractivity contribution in [3.05, 3.63) is 54.1 Å². The maximum Gasteiger partial charge on any atom is 0.243 e. The van der Waals surface area contributed by atoms with E-state index in [1.807, 2.05) is 31.2 Å². The van der Waals surface area contributed by atoms with E-state index >= 15 is 0 Å². The Kier molecular flexibility index (Phi) is 8.04. The molecule has 0 radical (unpaired) electrons. The van der Waals surface area contributed by atoms with Gasteiger partial charge in [-0.3, -0.25) is 14.4 Å². The van der Waals surface area contributed by atoms with Gasteiger partial charge in [0.2, 0.25) is 27.7 Å². The Bertz CT molecular complexity index is 1310. The summed E-state index contributed by atoms with van der Waals surface area (Å²) < 4.78 is 27.2. The Morgan fingerprint density at radius 1 is 0.846 bits per heavy atom. The molecular weight excluding hydrogens is 516 g/mol. The molecule has 3 heterocycles. The molecule has 2 aromatic rings. The van der Waals surface area contributed by atoms with Crippen molar-refractivity contribution in [2.24, 2.45) is 11.8 Å². The van der Waals surface area contributed by atoms with Crippen LogP contribution in [-0.4, -0.2) is 68.1 Å². The zero-order chi connectivity index (χ0) is 27.6. The fourth-order valence-electron chi connectivity index (χ4n) is 5.68. The summed E-state index contributed by atoms with van der Waals surface area (Å²) >= 11 is 0. The highest BCUT2D eigenvalue weighted by Gasteiger charge is 2.38. The lowest BCUT2D eigenvalue weighted by Gasteiger charge is -2.33. The molecule has 0 bridgehead atoms. The lowest BCUT2D eigenvalue weighted by atomic mass is 9.94. The minimum atomic E-state index is -3.51. The van der Waals surface area contributed by atoms with E-state index in [4.69, 9.17) is 0 Å². The number of piperidine rings is 2. The molecule has 9 nitrogen and oxygen atoms in total. The predicted octanol–water partition coefficient (Wildman–Crippen LogP) is 3.40. The van der Waals surface area contributed by atoms with E-state index in [-0.39, 0.29) is 40.9 Å². The van der Waals surface area contributed by atoms with Crippen LogP contribution in [-0.2, 0) is 24.4 Å². The highest BCUT2D eigenvalue weighted by Crippen LogP contribution is 2.29. The number of nitrogens with one attached hydrogen (secondary N) is 1. The van der Waals surface area contributed by atoms with Gasteiger partial charge < -0.3 is 15.1 Å². The second-order valence-electron chi connectivity index (χ2n) is 10.8. The van der Waals surface area contributed by atoms with Gasteiger partial charge in [0.05, 0.1) is 10.8 Å². The van der Waals surface area contributed by atoms with Gasteiger partial charge in [0.15, 0.2) is 0 Å². The van der Waals surface area contributed by atoms with Crippen LogP contribution in [0.25, 0.3) is 0 Å². The molecule has 0 aromatic heterocycles. The van der Waals surface area contributed by atoms with Crippen LogP contribution < -0.4 is 10.2 Å². The van der Waals surface area contributed by atoms with Crippen molar-refractivity contribution >= 4 is 39.1 Å². The third-order valence-corrected chi connectivity index (χ3v) is 9.98. The monoisotopic (exact) mass is 552 g/mol. The average molecular weight is 553 g/mol. The van der Waals surface area contributed by atoms with Crippen molar-refractivity contribution in [3.63, 3.8) is 0 Å². The third kappa shape index (κ3) is 6.01. The molecule has 1 unspecified atom stereocenters. The number of rotatable bonds is 6. The third-order valence-electron chi connectivity index (χ3n) is 8.07. The van der Waals surface area contributed by atoms with Crippen LogP contribution in [0.5, 0.6) is 0 Å². The number of likely N-dealkylation sites (tertiary alicyclic amines) is 1. The van der Waals surface area contributed by atoms with E-state index in [1.54, 1.807) is 34.1 Å². The van der Waals surface area contributed by atoms with Gasteiger partial charge in [-0.05, 0) is 69.0 Å². The van der Waals surface area contributed by atoms with E-state index in [1.165, 1.54) is 4.31 Å². The van der Waals surface area contributed by atoms with Crippen LogP contribution in [0.1, 0.15) is 44.1 Å². The second-order valence-corrected chi connectivity index (χ2v) is 12.8. The first-order chi connectivity index (χ1) is 18.7. The predicted molar refractivity (Wildman–Crippen MR) is 149 cm³/mol. The lowest BCUT2D eigenvalue weighted by molar-refractivity contribution is -0.138. The molecule has 3 aliphatic heterocycles. The Morgan fingerprint density at radius 2 is 1.49 bits per heavy atom. The number of sulfonamides is 1. The molecule has 0 aliphatic carbocycles. The summed E-state index contributed by atoms with van der Waals surface area (Å²) in [5.74, 6) is -0.803. The highest BCUT2D eigenvalue weighted by molar-refractivity contribution is 7.89. The van der Waals surface area contributed by atoms with E-state index < -0.39 is 10.0 Å². The SMILES string of the molecule is Cc1ccc(N2CC(C(=O)N3CCC(C(=O)Nc4ccc(S(=O)(=O)N5CCCCC5)cc4)CC3)CC2=O)cc1. The summed E-state index contributed by atoms with van der Waals surface area (Å²) in [5, 5.41) is 2.90. The fourth-order valence-corrected chi connectivity index (χ4v) is 7.19. The van der Waals surface area contributed by atoms with Crippen molar-refractivity contribution in [1.82, 2.24) is 9.21 Å². The van der Waals surface area contributed by atoms with Crippen LogP contribution in [0.2, 0.25) is 0 Å². The van der Waals surface area contributed by atoms with Crippen molar-refractivity contribution in [2.45, 2.75) is 50.3 Å². The zero-order valence-electron chi connectivity index (χ0n) is 22.3. The first-order valence-electron chi connectivity index (χ1n) is 13.8. The molecule has 208 valence electrons. The molecule has 1 atom stereocenters. The van der Waals surface area contributed by atoms with Crippen LogP contribution in [0.4, 0.5) is 11.4 Å². The van der Waals surface area contributed by atoms with Crippen LogP contribution in [0.3, 0.4) is 0 Å². The largest absolute Gasteiger partial charge is 0.342 e. The lowest BCUT2D eigenvalue weighted by Crippen LogP contribution is -2.44. The molecule has 3 amide bonds. The number of nitrogens with zero attached hydrogens (tertiary/aromatic N) is 3. The summed E-state index contributed by atoms with van der Waals surface area (Å²) in [6.07, 6.45) is 4.10. The van der Waals surface area contributed by atoms with Crippen molar-refractivity contribution in [3.8, 4) is 0 Å². The molecule has 10 heteroatoms. The Hall–Kier alpha value is -3.24. The number of hydrogen-bond acceptors (Lipinski definition) is 5. The van der Waals surface area contributed by atoms with Gasteiger partial charge in [-0.1, -0.05) is 24.1 Å². The minimum Gasteiger partial charge on any atom is -0.342 e. The zero-order valence-corrected chi connectivity index (χ0v) is 23.2. The van der Waals surface area contributed by atoms with Crippen molar-refractivity contribution in [1.29, 1.82) is 0 Å². The number of aryl methyl sites for hydroxylation is 1. The van der Waals surface area contributed by atoms with Gasteiger partial charge in [-0.25, -0.2) is 8.42 Å². The molecule has 3 saturated heterocycles. The standard InChI is InChI=1S/C29H36N4O5S/c1-21-5-9-25(10-6-21)33-20-23(19-27(33)34)29(36)31-17-13-22(14-18-31)28(35)30-24-7-11-26(12-8-24)39(37,38)32-15-3-2-4-16-32/h5-12,22-23H,2-4,13-20H2,1H3,(H,30,35). The molecule has 1 N–H and O–H groups in total. The number of hydrogen-bond donors (Lipinski definition) is 1. The molecule has 0 spiro atoms. The number of benzene rings is 2. The van der Waals surface area contributed by atoms with E-state index in [2.05, 4.69) is 5.32 Å². The molecule has 5 rings (SSSR count). The Morgan fingerprint density at radius 3 is 2.13 bits per heavy atom. The normalized spacial score (nSPS) is 21.3. The maximum absolute atomic E-state index is 13.2. The highest BCUT2D eigenvalue weighted by atomic mass is 32.2. The van der Waals surface area contributed by atoms with Crippen molar-refractivity contribution in [2.75, 3.05) is 42.9 Å². The Balaban J connectivity index is 1.11. The smallest absolute Gasteiger partial charge is 0.243 e. The minimum absolute atomic E-state index is 0.0256. The molecule has 3 fully saturated rings. The molecule has 39 heavy (non-hydrogen) atoms. The number of amides is 3. The van der Waals surface area contributed by atoms with Crippen LogP contribution in [0.15, 0.2) is 53.4 Å². The molecule has 2 aromatic carbocycles. The first-order valence-corrected chi connectivity index (χ1v) is 15.2. The summed E-state index contributed by atoms with van der Waals surface area (Å²) in [6, 6.07) is 14.1. The van der Waals surface area contributed by atoms with E-state index in [9.17, 15) is 22.8 Å². The quantitative estimate of drug-likeness (QED) is 0.591. The van der Waals surface area contributed by atoms with Crippen LogP contribution in [0, 0.1) is 18.8 Å². The number of anilines is 2. The molecule has 3 aliphatic rings.